The van der Waals surface area contributed by atoms with E-state index in [4.69, 9.17) is 5.11 Å². The van der Waals surface area contributed by atoms with Gasteiger partial charge in [-0.25, -0.2) is 4.79 Å². The number of carboxylic acid groups (broad SMARTS) is 1. The van der Waals surface area contributed by atoms with Crippen LogP contribution in [0.3, 0.4) is 0 Å². The SMILES string of the molecule is CC(C)C(C)NC(=O)NC(CCC(=O)O)c1ccccc1. The molecule has 0 aliphatic rings. The number of benzene rings is 1. The Morgan fingerprint density at radius 3 is 2.24 bits per heavy atom. The van der Waals surface area contributed by atoms with Gasteiger partial charge in [-0.1, -0.05) is 44.2 Å². The first-order chi connectivity index (χ1) is 9.90. The van der Waals surface area contributed by atoms with E-state index in [2.05, 4.69) is 10.6 Å². The molecule has 21 heavy (non-hydrogen) atoms. The van der Waals surface area contributed by atoms with Crippen molar-refractivity contribution in [1.29, 1.82) is 0 Å². The van der Waals surface area contributed by atoms with Crippen LogP contribution in [0.4, 0.5) is 4.79 Å². The Kier molecular flexibility index (Phi) is 6.72. The van der Waals surface area contributed by atoms with Crippen molar-refractivity contribution in [1.82, 2.24) is 10.6 Å². The highest BCUT2D eigenvalue weighted by molar-refractivity contribution is 5.75. The molecule has 1 aromatic carbocycles. The molecular formula is C16H24N2O3. The molecule has 0 heterocycles. The molecule has 2 atom stereocenters. The van der Waals surface area contributed by atoms with Crippen LogP contribution in [-0.4, -0.2) is 23.1 Å². The van der Waals surface area contributed by atoms with Gasteiger partial charge in [-0.15, -0.1) is 0 Å². The van der Waals surface area contributed by atoms with Crippen molar-refractivity contribution >= 4 is 12.0 Å². The van der Waals surface area contributed by atoms with E-state index in [0.717, 1.165) is 5.56 Å². The standard InChI is InChI=1S/C16H24N2O3/c1-11(2)12(3)17-16(21)18-14(9-10-15(19)20)13-7-5-4-6-8-13/h4-8,11-12,14H,9-10H2,1-3H3,(H,19,20)(H2,17,18,21). The van der Waals surface area contributed by atoms with Gasteiger partial charge < -0.3 is 15.7 Å². The quantitative estimate of drug-likeness (QED) is 0.723. The van der Waals surface area contributed by atoms with Crippen LogP contribution < -0.4 is 10.6 Å². The van der Waals surface area contributed by atoms with Gasteiger partial charge in [-0.05, 0) is 24.8 Å². The van der Waals surface area contributed by atoms with Gasteiger partial charge in [0.2, 0.25) is 0 Å². The van der Waals surface area contributed by atoms with E-state index in [0.29, 0.717) is 12.3 Å². The topological polar surface area (TPSA) is 78.4 Å². The van der Waals surface area contributed by atoms with Crippen LogP contribution in [0.5, 0.6) is 0 Å². The molecule has 0 radical (unpaired) electrons. The molecule has 1 aromatic rings. The van der Waals surface area contributed by atoms with Gasteiger partial charge in [0.15, 0.2) is 0 Å². The van der Waals surface area contributed by atoms with E-state index in [1.807, 2.05) is 51.1 Å². The average Bonchev–Trinajstić information content (AvgIpc) is 2.44. The third-order valence-corrected chi connectivity index (χ3v) is 3.51. The Morgan fingerprint density at radius 2 is 1.71 bits per heavy atom. The van der Waals surface area contributed by atoms with E-state index in [-0.39, 0.29) is 24.5 Å². The number of carbonyl (C=O) groups is 2. The van der Waals surface area contributed by atoms with Crippen LogP contribution in [0.25, 0.3) is 0 Å². The number of carbonyl (C=O) groups excluding carboxylic acids is 1. The lowest BCUT2D eigenvalue weighted by Gasteiger charge is -2.22. The molecule has 5 heteroatoms. The normalized spacial score (nSPS) is 13.5. The molecule has 0 fully saturated rings. The van der Waals surface area contributed by atoms with Crippen molar-refractivity contribution in [2.24, 2.45) is 5.92 Å². The molecule has 2 amide bonds. The fraction of sp³-hybridized carbons (Fsp3) is 0.500. The smallest absolute Gasteiger partial charge is 0.315 e. The first-order valence-electron chi connectivity index (χ1n) is 7.24. The minimum atomic E-state index is -0.867. The number of aliphatic carboxylic acids is 1. The Morgan fingerprint density at radius 1 is 1.10 bits per heavy atom. The van der Waals surface area contributed by atoms with Gasteiger partial charge in [0, 0.05) is 12.5 Å². The van der Waals surface area contributed by atoms with Crippen LogP contribution in [0.2, 0.25) is 0 Å². The molecule has 1 rings (SSSR count). The second kappa shape index (κ2) is 8.29. The van der Waals surface area contributed by atoms with Gasteiger partial charge in [0.25, 0.3) is 0 Å². The molecule has 0 aliphatic carbocycles. The van der Waals surface area contributed by atoms with Crippen LogP contribution in [0, 0.1) is 5.92 Å². The Labute approximate surface area is 125 Å². The first kappa shape index (κ1) is 17.0. The maximum absolute atomic E-state index is 12.0. The highest BCUT2D eigenvalue weighted by Gasteiger charge is 2.17. The minimum Gasteiger partial charge on any atom is -0.481 e. The molecule has 5 nitrogen and oxygen atoms in total. The average molecular weight is 292 g/mol. The van der Waals surface area contributed by atoms with Gasteiger partial charge >= 0.3 is 12.0 Å². The summed E-state index contributed by atoms with van der Waals surface area (Å²) in [6.45, 7) is 6.01. The van der Waals surface area contributed by atoms with Crippen LogP contribution in [0.15, 0.2) is 30.3 Å². The van der Waals surface area contributed by atoms with Crippen molar-refractivity contribution in [2.75, 3.05) is 0 Å². The van der Waals surface area contributed by atoms with E-state index in [9.17, 15) is 9.59 Å². The molecule has 116 valence electrons. The van der Waals surface area contributed by atoms with Gasteiger partial charge in [0.1, 0.15) is 0 Å². The highest BCUT2D eigenvalue weighted by atomic mass is 16.4. The lowest BCUT2D eigenvalue weighted by atomic mass is 10.0. The number of urea groups is 1. The fourth-order valence-electron chi connectivity index (χ4n) is 1.85. The summed E-state index contributed by atoms with van der Waals surface area (Å²) in [5.74, 6) is -0.529. The van der Waals surface area contributed by atoms with Crippen molar-refractivity contribution in [2.45, 2.75) is 45.7 Å². The number of amides is 2. The Bertz CT molecular complexity index is 460. The third kappa shape index (κ3) is 6.29. The predicted molar refractivity (Wildman–Crippen MR) is 82.0 cm³/mol. The lowest BCUT2D eigenvalue weighted by Crippen LogP contribution is -2.44. The maximum atomic E-state index is 12.0. The summed E-state index contributed by atoms with van der Waals surface area (Å²) in [5, 5.41) is 14.6. The van der Waals surface area contributed by atoms with Gasteiger partial charge in [0.05, 0.1) is 6.04 Å². The first-order valence-corrected chi connectivity index (χ1v) is 7.24. The summed E-state index contributed by atoms with van der Waals surface area (Å²) >= 11 is 0. The second-order valence-corrected chi connectivity index (χ2v) is 5.55. The number of carboxylic acids is 1. The summed E-state index contributed by atoms with van der Waals surface area (Å²) in [5.41, 5.74) is 0.908. The second-order valence-electron chi connectivity index (χ2n) is 5.55. The monoisotopic (exact) mass is 292 g/mol. The zero-order valence-electron chi connectivity index (χ0n) is 12.8. The summed E-state index contributed by atoms with van der Waals surface area (Å²) in [6.07, 6.45) is 0.377. The molecule has 0 saturated carbocycles. The highest BCUT2D eigenvalue weighted by Crippen LogP contribution is 2.18. The van der Waals surface area contributed by atoms with E-state index < -0.39 is 5.97 Å². The summed E-state index contributed by atoms with van der Waals surface area (Å²) in [7, 11) is 0. The summed E-state index contributed by atoms with van der Waals surface area (Å²) in [6, 6.07) is 8.90. The third-order valence-electron chi connectivity index (χ3n) is 3.51. The number of rotatable bonds is 7. The molecule has 0 spiro atoms. The van der Waals surface area contributed by atoms with Crippen molar-refractivity contribution in [3.05, 3.63) is 35.9 Å². The van der Waals surface area contributed by atoms with E-state index in [1.54, 1.807) is 0 Å². The zero-order valence-corrected chi connectivity index (χ0v) is 12.8. The minimum absolute atomic E-state index is 0.0135. The van der Waals surface area contributed by atoms with Gasteiger partial charge in [-0.2, -0.15) is 0 Å². The maximum Gasteiger partial charge on any atom is 0.315 e. The molecule has 0 bridgehead atoms. The van der Waals surface area contributed by atoms with Crippen molar-refractivity contribution < 1.29 is 14.7 Å². The molecule has 2 unspecified atom stereocenters. The van der Waals surface area contributed by atoms with E-state index in [1.165, 1.54) is 0 Å². The Balaban J connectivity index is 2.69. The zero-order chi connectivity index (χ0) is 15.8. The van der Waals surface area contributed by atoms with Crippen LogP contribution >= 0.6 is 0 Å². The van der Waals surface area contributed by atoms with Crippen molar-refractivity contribution in [3.8, 4) is 0 Å². The Hall–Kier alpha value is -2.04. The molecule has 0 aliphatic heterocycles. The lowest BCUT2D eigenvalue weighted by molar-refractivity contribution is -0.137. The predicted octanol–water partition coefficient (Wildman–Crippen LogP) is 2.94. The van der Waals surface area contributed by atoms with Crippen molar-refractivity contribution in [3.63, 3.8) is 0 Å². The molecule has 0 saturated heterocycles. The fourth-order valence-corrected chi connectivity index (χ4v) is 1.85. The van der Waals surface area contributed by atoms with Crippen LogP contribution in [0.1, 0.15) is 45.2 Å². The van der Waals surface area contributed by atoms with E-state index >= 15 is 0 Å². The number of hydrogen-bond acceptors (Lipinski definition) is 2. The largest absolute Gasteiger partial charge is 0.481 e. The number of nitrogens with one attached hydrogen (secondary N) is 2. The molecular weight excluding hydrogens is 268 g/mol. The van der Waals surface area contributed by atoms with Crippen LogP contribution in [-0.2, 0) is 4.79 Å². The number of hydrogen-bond donors (Lipinski definition) is 3. The summed E-state index contributed by atoms with van der Waals surface area (Å²) < 4.78 is 0. The molecule has 3 N–H and O–H groups in total. The molecule has 0 aromatic heterocycles. The van der Waals surface area contributed by atoms with Gasteiger partial charge in [-0.3, -0.25) is 4.79 Å². The summed E-state index contributed by atoms with van der Waals surface area (Å²) in [4.78, 5) is 22.8.